The summed E-state index contributed by atoms with van der Waals surface area (Å²) < 4.78 is 0.807. The summed E-state index contributed by atoms with van der Waals surface area (Å²) >= 11 is 4.18. The van der Waals surface area contributed by atoms with Gasteiger partial charge >= 0.3 is 0 Å². The van der Waals surface area contributed by atoms with Crippen LogP contribution in [0.3, 0.4) is 0 Å². The minimum absolute atomic E-state index is 0.185. The molecule has 1 N–H and O–H groups in total. The average Bonchev–Trinajstić information content (AvgIpc) is 2.14. The molecule has 0 aliphatic carbocycles. The fourth-order valence-corrected chi connectivity index (χ4v) is 4.03. The molecule has 1 heterocycles. The van der Waals surface area contributed by atoms with Crippen molar-refractivity contribution in [3.63, 3.8) is 0 Å². The van der Waals surface area contributed by atoms with Gasteiger partial charge in [-0.25, -0.2) is 0 Å². The fourth-order valence-electron chi connectivity index (χ4n) is 1.13. The summed E-state index contributed by atoms with van der Waals surface area (Å²) in [4.78, 5) is 0. The number of aliphatic hydroxyl groups excluding tert-OH is 1. The topological polar surface area (TPSA) is 20.2 Å². The van der Waals surface area contributed by atoms with Gasteiger partial charge in [-0.15, -0.1) is 23.5 Å². The summed E-state index contributed by atoms with van der Waals surface area (Å²) in [6.07, 6.45) is 7.66. The van der Waals surface area contributed by atoms with Crippen molar-refractivity contribution in [1.82, 2.24) is 0 Å². The molecule has 0 aromatic heterocycles. The number of rotatable bonds is 4. The van der Waals surface area contributed by atoms with E-state index < -0.39 is 0 Å². The normalized spacial score (nSPS) is 20.4. The highest BCUT2D eigenvalue weighted by molar-refractivity contribution is 8.17. The quantitative estimate of drug-likeness (QED) is 0.711. The second kappa shape index (κ2) is 6.87. The molecule has 12 heavy (non-hydrogen) atoms. The Labute approximate surface area is 83.0 Å². The SMILES string of the molecule is OC/C=C\CCC1SCCCS1. The van der Waals surface area contributed by atoms with E-state index >= 15 is 0 Å². The largest absolute Gasteiger partial charge is 0.392 e. The molecule has 1 aliphatic heterocycles. The van der Waals surface area contributed by atoms with Crippen molar-refractivity contribution in [1.29, 1.82) is 0 Å². The molecule has 0 aromatic carbocycles. The van der Waals surface area contributed by atoms with Crippen LogP contribution in [-0.4, -0.2) is 27.8 Å². The molecule has 1 saturated heterocycles. The van der Waals surface area contributed by atoms with E-state index in [0.29, 0.717) is 0 Å². The van der Waals surface area contributed by atoms with Crippen molar-refractivity contribution in [2.75, 3.05) is 18.1 Å². The number of hydrogen-bond donors (Lipinski definition) is 1. The zero-order chi connectivity index (χ0) is 8.65. The molecule has 0 amide bonds. The summed E-state index contributed by atoms with van der Waals surface area (Å²) in [6.45, 7) is 0.185. The lowest BCUT2D eigenvalue weighted by molar-refractivity contribution is 0.342. The van der Waals surface area contributed by atoms with Crippen LogP contribution in [0.4, 0.5) is 0 Å². The third-order valence-corrected chi connectivity index (χ3v) is 4.82. The van der Waals surface area contributed by atoms with Crippen LogP contribution in [0.1, 0.15) is 19.3 Å². The molecule has 1 rings (SSSR count). The smallest absolute Gasteiger partial charge is 0.0612 e. The van der Waals surface area contributed by atoms with Crippen molar-refractivity contribution in [3.8, 4) is 0 Å². The molecule has 70 valence electrons. The standard InChI is InChI=1S/C9H16OS2/c10-6-3-1-2-5-9-11-7-4-8-12-9/h1,3,9-10H,2,4-8H2/b3-1-. The van der Waals surface area contributed by atoms with E-state index in [0.717, 1.165) is 11.0 Å². The van der Waals surface area contributed by atoms with E-state index in [-0.39, 0.29) is 6.61 Å². The van der Waals surface area contributed by atoms with Crippen molar-refractivity contribution in [2.45, 2.75) is 23.8 Å². The Bertz CT molecular complexity index is 130. The van der Waals surface area contributed by atoms with E-state index in [9.17, 15) is 0 Å². The van der Waals surface area contributed by atoms with E-state index in [4.69, 9.17) is 5.11 Å². The predicted molar refractivity (Wildman–Crippen MR) is 58.8 cm³/mol. The third-order valence-electron chi connectivity index (χ3n) is 1.74. The van der Waals surface area contributed by atoms with Gasteiger partial charge in [0.2, 0.25) is 0 Å². The Balaban J connectivity index is 2.01. The van der Waals surface area contributed by atoms with Gasteiger partial charge in [-0.05, 0) is 30.8 Å². The lowest BCUT2D eigenvalue weighted by Crippen LogP contribution is -2.05. The third kappa shape index (κ3) is 4.43. The van der Waals surface area contributed by atoms with Crippen LogP contribution < -0.4 is 0 Å². The van der Waals surface area contributed by atoms with Gasteiger partial charge in [-0.1, -0.05) is 12.2 Å². The van der Waals surface area contributed by atoms with Crippen molar-refractivity contribution in [2.24, 2.45) is 0 Å². The van der Waals surface area contributed by atoms with Crippen LogP contribution >= 0.6 is 23.5 Å². The fraction of sp³-hybridized carbons (Fsp3) is 0.778. The van der Waals surface area contributed by atoms with Gasteiger partial charge < -0.3 is 5.11 Å². The maximum atomic E-state index is 8.51. The van der Waals surface area contributed by atoms with Gasteiger partial charge in [-0.3, -0.25) is 0 Å². The molecule has 0 saturated carbocycles. The molecule has 1 aliphatic rings. The highest BCUT2D eigenvalue weighted by Crippen LogP contribution is 2.33. The molecule has 0 spiro atoms. The maximum Gasteiger partial charge on any atom is 0.0612 e. The van der Waals surface area contributed by atoms with Gasteiger partial charge in [0, 0.05) is 0 Å². The van der Waals surface area contributed by atoms with Gasteiger partial charge in [0.25, 0.3) is 0 Å². The zero-order valence-electron chi connectivity index (χ0n) is 7.24. The van der Waals surface area contributed by atoms with E-state index in [1.165, 1.54) is 24.3 Å². The van der Waals surface area contributed by atoms with Crippen LogP contribution in [-0.2, 0) is 0 Å². The van der Waals surface area contributed by atoms with Crippen LogP contribution in [0.25, 0.3) is 0 Å². The zero-order valence-corrected chi connectivity index (χ0v) is 8.87. The van der Waals surface area contributed by atoms with Gasteiger partial charge in [0.05, 0.1) is 11.2 Å². The molecular weight excluding hydrogens is 188 g/mol. The summed E-state index contributed by atoms with van der Waals surface area (Å²) in [5.74, 6) is 2.67. The van der Waals surface area contributed by atoms with Gasteiger partial charge in [0.15, 0.2) is 0 Å². The molecule has 3 heteroatoms. The first-order valence-electron chi connectivity index (χ1n) is 4.42. The average molecular weight is 204 g/mol. The monoisotopic (exact) mass is 204 g/mol. The van der Waals surface area contributed by atoms with Crippen LogP contribution in [0, 0.1) is 0 Å². The molecule has 0 unspecified atom stereocenters. The molecular formula is C9H16OS2. The van der Waals surface area contributed by atoms with E-state index in [1.54, 1.807) is 0 Å². The summed E-state index contributed by atoms with van der Waals surface area (Å²) in [7, 11) is 0. The first-order valence-corrected chi connectivity index (χ1v) is 6.52. The van der Waals surface area contributed by atoms with Gasteiger partial charge in [-0.2, -0.15) is 0 Å². The first kappa shape index (κ1) is 10.5. The van der Waals surface area contributed by atoms with Gasteiger partial charge in [0.1, 0.15) is 0 Å². The van der Waals surface area contributed by atoms with Crippen molar-refractivity contribution in [3.05, 3.63) is 12.2 Å². The Morgan fingerprint density at radius 3 is 2.67 bits per heavy atom. The summed E-state index contributed by atoms with van der Waals surface area (Å²) in [5, 5.41) is 8.51. The lowest BCUT2D eigenvalue weighted by Gasteiger charge is -2.19. The molecule has 0 radical (unpaired) electrons. The first-order chi connectivity index (χ1) is 5.93. The molecule has 1 fully saturated rings. The highest BCUT2D eigenvalue weighted by atomic mass is 32.2. The van der Waals surface area contributed by atoms with Crippen LogP contribution in [0.5, 0.6) is 0 Å². The summed E-state index contributed by atoms with van der Waals surface area (Å²) in [5.41, 5.74) is 0. The Morgan fingerprint density at radius 1 is 1.25 bits per heavy atom. The number of allylic oxidation sites excluding steroid dienone is 1. The minimum atomic E-state index is 0.185. The predicted octanol–water partition coefficient (Wildman–Crippen LogP) is 2.51. The lowest BCUT2D eigenvalue weighted by atomic mass is 10.3. The van der Waals surface area contributed by atoms with Crippen LogP contribution in [0.15, 0.2) is 12.2 Å². The number of thioether (sulfide) groups is 2. The second-order valence-corrected chi connectivity index (χ2v) is 5.68. The Morgan fingerprint density at radius 2 is 2.00 bits per heavy atom. The van der Waals surface area contributed by atoms with Crippen LogP contribution in [0.2, 0.25) is 0 Å². The highest BCUT2D eigenvalue weighted by Gasteiger charge is 2.12. The van der Waals surface area contributed by atoms with Crippen molar-refractivity contribution >= 4 is 23.5 Å². The number of hydrogen-bond acceptors (Lipinski definition) is 3. The Hall–Kier alpha value is 0.400. The number of aliphatic hydroxyl groups is 1. The molecule has 0 aromatic rings. The molecule has 1 nitrogen and oxygen atoms in total. The Kier molecular flexibility index (Phi) is 6.00. The minimum Gasteiger partial charge on any atom is -0.392 e. The maximum absolute atomic E-state index is 8.51. The summed E-state index contributed by atoms with van der Waals surface area (Å²) in [6, 6.07) is 0. The molecule has 0 atom stereocenters. The van der Waals surface area contributed by atoms with E-state index in [1.807, 2.05) is 6.08 Å². The molecule has 0 bridgehead atoms. The van der Waals surface area contributed by atoms with Crippen molar-refractivity contribution < 1.29 is 5.11 Å². The second-order valence-electron chi connectivity index (χ2n) is 2.76. The van der Waals surface area contributed by atoms with E-state index in [2.05, 4.69) is 29.6 Å².